The van der Waals surface area contributed by atoms with Gasteiger partial charge in [0.05, 0.1) is 22.7 Å². The summed E-state index contributed by atoms with van der Waals surface area (Å²) in [6.07, 6.45) is 0.314. The summed E-state index contributed by atoms with van der Waals surface area (Å²) in [6, 6.07) is 19.2. The molecule has 3 aromatic carbocycles. The summed E-state index contributed by atoms with van der Waals surface area (Å²) < 4.78 is 34.3. The number of para-hydroxylation sites is 1. The highest BCUT2D eigenvalue weighted by atomic mass is 35.5. The van der Waals surface area contributed by atoms with E-state index >= 15 is 0 Å². The summed E-state index contributed by atoms with van der Waals surface area (Å²) in [4.78, 5) is 29.0. The van der Waals surface area contributed by atoms with Gasteiger partial charge in [0.2, 0.25) is 11.8 Å². The van der Waals surface area contributed by atoms with Crippen LogP contribution in [0.2, 0.25) is 5.02 Å². The number of benzene rings is 3. The molecular formula is C31H38ClN3O5S. The minimum absolute atomic E-state index is 0.0210. The number of aryl methyl sites for hydroxylation is 1. The normalized spacial score (nSPS) is 12.4. The summed E-state index contributed by atoms with van der Waals surface area (Å²) in [5.74, 6) is -0.289. The van der Waals surface area contributed by atoms with Gasteiger partial charge in [0.15, 0.2) is 0 Å². The third kappa shape index (κ3) is 8.24. The van der Waals surface area contributed by atoms with E-state index in [0.29, 0.717) is 12.2 Å². The van der Waals surface area contributed by atoms with E-state index in [1.54, 1.807) is 61.7 Å². The van der Waals surface area contributed by atoms with Gasteiger partial charge in [-0.05, 0) is 76.1 Å². The van der Waals surface area contributed by atoms with Crippen molar-refractivity contribution in [3.8, 4) is 5.75 Å². The maximum Gasteiger partial charge on any atom is 0.264 e. The summed E-state index contributed by atoms with van der Waals surface area (Å²) in [6.45, 7) is 8.75. The molecule has 0 aliphatic heterocycles. The zero-order chi connectivity index (χ0) is 30.4. The van der Waals surface area contributed by atoms with E-state index < -0.39 is 34.1 Å². The highest BCUT2D eigenvalue weighted by molar-refractivity contribution is 7.92. The molecule has 0 unspecified atom stereocenters. The molecule has 0 spiro atoms. The van der Waals surface area contributed by atoms with Gasteiger partial charge in [-0.3, -0.25) is 13.9 Å². The monoisotopic (exact) mass is 599 g/mol. The number of methoxy groups -OCH3 is 1. The molecule has 3 aromatic rings. The van der Waals surface area contributed by atoms with Crippen molar-refractivity contribution < 1.29 is 22.7 Å². The number of carbonyl (C=O) groups is 2. The Balaban J connectivity index is 2.09. The molecule has 1 atom stereocenters. The van der Waals surface area contributed by atoms with E-state index in [9.17, 15) is 18.0 Å². The lowest BCUT2D eigenvalue weighted by atomic mass is 10.1. The molecule has 3 rings (SSSR count). The number of carbonyl (C=O) groups excluding carboxylic acids is 2. The maximum absolute atomic E-state index is 14.2. The second-order valence-corrected chi connectivity index (χ2v) is 13.1. The molecule has 0 saturated heterocycles. The molecule has 0 bridgehead atoms. The smallest absolute Gasteiger partial charge is 0.264 e. The van der Waals surface area contributed by atoms with Crippen molar-refractivity contribution in [1.29, 1.82) is 0 Å². The van der Waals surface area contributed by atoms with Gasteiger partial charge in [-0.1, -0.05) is 60.5 Å². The van der Waals surface area contributed by atoms with Gasteiger partial charge >= 0.3 is 0 Å². The number of nitrogens with zero attached hydrogens (tertiary/aromatic N) is 2. The zero-order valence-electron chi connectivity index (χ0n) is 24.3. The number of ether oxygens (including phenoxy) is 1. The van der Waals surface area contributed by atoms with Crippen LogP contribution in [0.15, 0.2) is 77.7 Å². The van der Waals surface area contributed by atoms with Crippen molar-refractivity contribution >= 4 is 39.1 Å². The molecule has 0 aliphatic carbocycles. The lowest BCUT2D eigenvalue weighted by molar-refractivity contribution is -0.141. The molecule has 1 N–H and O–H groups in total. The first-order valence-corrected chi connectivity index (χ1v) is 15.2. The Kier molecular flexibility index (Phi) is 10.4. The molecular weight excluding hydrogens is 562 g/mol. The van der Waals surface area contributed by atoms with Crippen LogP contribution in [0.5, 0.6) is 5.75 Å². The molecule has 0 heterocycles. The standard InChI is InChI=1S/C31H38ClN3O5S/c1-7-27(30(37)33-31(3,4)5)34(20-23-11-10-12-24(19-23)40-6)29(36)21-35(28-14-9-8-13-26(28)32)41(38,39)25-17-15-22(2)16-18-25/h8-19,27H,7,20-21H2,1-6H3,(H,33,37)/t27-/m1/s1. The average Bonchev–Trinajstić information content (AvgIpc) is 2.91. The van der Waals surface area contributed by atoms with Gasteiger partial charge in [-0.2, -0.15) is 0 Å². The number of amides is 2. The Labute approximate surface area is 248 Å². The van der Waals surface area contributed by atoms with E-state index in [1.165, 1.54) is 17.0 Å². The predicted octanol–water partition coefficient (Wildman–Crippen LogP) is 5.57. The van der Waals surface area contributed by atoms with Crippen molar-refractivity contribution in [2.75, 3.05) is 18.0 Å². The van der Waals surface area contributed by atoms with Crippen LogP contribution in [-0.2, 0) is 26.2 Å². The molecule has 0 aliphatic rings. The molecule has 41 heavy (non-hydrogen) atoms. The molecule has 0 aromatic heterocycles. The van der Waals surface area contributed by atoms with Crippen molar-refractivity contribution in [3.05, 3.63) is 88.9 Å². The van der Waals surface area contributed by atoms with Gasteiger partial charge in [-0.25, -0.2) is 8.42 Å². The zero-order valence-corrected chi connectivity index (χ0v) is 25.9. The summed E-state index contributed by atoms with van der Waals surface area (Å²) in [5.41, 5.74) is 1.25. The molecule has 8 nitrogen and oxygen atoms in total. The molecule has 2 amide bonds. The van der Waals surface area contributed by atoms with Gasteiger partial charge in [0.25, 0.3) is 10.0 Å². The molecule has 10 heteroatoms. The highest BCUT2D eigenvalue weighted by Crippen LogP contribution is 2.31. The van der Waals surface area contributed by atoms with Crippen LogP contribution < -0.4 is 14.4 Å². The first kappa shape index (κ1) is 32.0. The Bertz CT molecular complexity index is 1470. The topological polar surface area (TPSA) is 96.0 Å². The molecule has 220 valence electrons. The number of sulfonamides is 1. The van der Waals surface area contributed by atoms with E-state index in [2.05, 4.69) is 5.32 Å². The van der Waals surface area contributed by atoms with Crippen molar-refractivity contribution in [2.24, 2.45) is 0 Å². The fourth-order valence-electron chi connectivity index (χ4n) is 4.34. The van der Waals surface area contributed by atoms with Gasteiger partial charge in [-0.15, -0.1) is 0 Å². The summed E-state index contributed by atoms with van der Waals surface area (Å²) >= 11 is 6.47. The maximum atomic E-state index is 14.2. The Morgan fingerprint density at radius 3 is 2.24 bits per heavy atom. The number of halogens is 1. The van der Waals surface area contributed by atoms with Gasteiger partial charge < -0.3 is 15.0 Å². The van der Waals surface area contributed by atoms with Crippen LogP contribution in [0.1, 0.15) is 45.2 Å². The second kappa shape index (κ2) is 13.4. The van der Waals surface area contributed by atoms with E-state index in [0.717, 1.165) is 15.4 Å². The van der Waals surface area contributed by atoms with Gasteiger partial charge in [0.1, 0.15) is 18.3 Å². The highest BCUT2D eigenvalue weighted by Gasteiger charge is 2.35. The average molecular weight is 600 g/mol. The van der Waals surface area contributed by atoms with Crippen LogP contribution in [-0.4, -0.2) is 50.4 Å². The summed E-state index contributed by atoms with van der Waals surface area (Å²) in [5, 5.41) is 3.13. The first-order valence-electron chi connectivity index (χ1n) is 13.3. The van der Waals surface area contributed by atoms with E-state index in [-0.39, 0.29) is 28.1 Å². The number of rotatable bonds is 11. The van der Waals surface area contributed by atoms with E-state index in [1.807, 2.05) is 40.7 Å². The van der Waals surface area contributed by atoms with Crippen LogP contribution in [0.3, 0.4) is 0 Å². The predicted molar refractivity (Wildman–Crippen MR) is 163 cm³/mol. The second-order valence-electron chi connectivity index (χ2n) is 10.8. The third-order valence-corrected chi connectivity index (χ3v) is 8.47. The van der Waals surface area contributed by atoms with Crippen LogP contribution in [0.4, 0.5) is 5.69 Å². The molecule has 0 fully saturated rings. The van der Waals surface area contributed by atoms with Gasteiger partial charge in [0, 0.05) is 12.1 Å². The fraction of sp³-hybridized carbons (Fsp3) is 0.355. The van der Waals surface area contributed by atoms with Crippen molar-refractivity contribution in [2.45, 2.75) is 64.1 Å². The SMILES string of the molecule is CC[C@H](C(=O)NC(C)(C)C)N(Cc1cccc(OC)c1)C(=O)CN(c1ccccc1Cl)S(=O)(=O)c1ccc(C)cc1. The lowest BCUT2D eigenvalue weighted by Gasteiger charge is -2.35. The fourth-order valence-corrected chi connectivity index (χ4v) is 6.07. The van der Waals surface area contributed by atoms with Crippen molar-refractivity contribution in [3.63, 3.8) is 0 Å². The third-order valence-electron chi connectivity index (χ3n) is 6.38. The number of hydrogen-bond donors (Lipinski definition) is 1. The lowest BCUT2D eigenvalue weighted by Crippen LogP contribution is -2.55. The largest absolute Gasteiger partial charge is 0.497 e. The van der Waals surface area contributed by atoms with Crippen LogP contribution in [0.25, 0.3) is 0 Å². The minimum atomic E-state index is -4.21. The van der Waals surface area contributed by atoms with Crippen molar-refractivity contribution in [1.82, 2.24) is 10.2 Å². The number of anilines is 1. The Morgan fingerprint density at radius 2 is 1.66 bits per heavy atom. The Hall–Kier alpha value is -3.56. The Morgan fingerprint density at radius 1 is 1.00 bits per heavy atom. The molecule has 0 saturated carbocycles. The number of nitrogens with one attached hydrogen (secondary N) is 1. The van der Waals surface area contributed by atoms with E-state index in [4.69, 9.17) is 16.3 Å². The number of hydrogen-bond acceptors (Lipinski definition) is 5. The minimum Gasteiger partial charge on any atom is -0.497 e. The van der Waals surface area contributed by atoms with Crippen LogP contribution >= 0.6 is 11.6 Å². The first-order chi connectivity index (χ1) is 19.3. The molecule has 0 radical (unpaired) electrons. The summed E-state index contributed by atoms with van der Waals surface area (Å²) in [7, 11) is -2.66. The quantitative estimate of drug-likeness (QED) is 0.311. The van der Waals surface area contributed by atoms with Crippen LogP contribution in [0, 0.1) is 6.92 Å².